The first-order chi connectivity index (χ1) is 7.94. The van der Waals surface area contributed by atoms with Crippen LogP contribution in [0.15, 0.2) is 24.3 Å². The molecule has 0 amide bonds. The quantitative estimate of drug-likeness (QED) is 0.824. The summed E-state index contributed by atoms with van der Waals surface area (Å²) in [4.78, 5) is 2.21. The van der Waals surface area contributed by atoms with Crippen LogP contribution < -0.4 is 5.73 Å². The van der Waals surface area contributed by atoms with Gasteiger partial charge in [-0.15, -0.1) is 0 Å². The fourth-order valence-electron chi connectivity index (χ4n) is 1.89. The van der Waals surface area contributed by atoms with E-state index in [4.69, 9.17) is 5.73 Å². The van der Waals surface area contributed by atoms with Gasteiger partial charge in [0.15, 0.2) is 0 Å². The van der Waals surface area contributed by atoms with Gasteiger partial charge in [0.25, 0.3) is 0 Å². The molecule has 0 radical (unpaired) electrons. The lowest BCUT2D eigenvalue weighted by Crippen LogP contribution is -2.37. The third-order valence-electron chi connectivity index (χ3n) is 2.97. The first kappa shape index (κ1) is 14.1. The van der Waals surface area contributed by atoms with Crippen LogP contribution in [-0.4, -0.2) is 31.6 Å². The molecule has 0 saturated heterocycles. The lowest BCUT2D eigenvalue weighted by Gasteiger charge is -2.29. The first-order valence-electron chi connectivity index (χ1n) is 6.06. The highest BCUT2D eigenvalue weighted by Gasteiger charge is 2.17. The minimum Gasteiger partial charge on any atom is -0.330 e. The molecule has 0 bridgehead atoms. The average Bonchev–Trinajstić information content (AvgIpc) is 2.27. The van der Waals surface area contributed by atoms with E-state index in [0.717, 1.165) is 25.1 Å². The van der Waals surface area contributed by atoms with Crippen molar-refractivity contribution in [2.45, 2.75) is 20.3 Å². The molecule has 96 valence electrons. The summed E-state index contributed by atoms with van der Waals surface area (Å²) < 4.78 is 13.4. The van der Waals surface area contributed by atoms with Crippen LogP contribution in [0.1, 0.15) is 19.4 Å². The minimum atomic E-state index is -0.112. The number of hydrogen-bond donors (Lipinski definition) is 1. The van der Waals surface area contributed by atoms with Crippen molar-refractivity contribution in [1.29, 1.82) is 0 Å². The molecule has 2 nitrogen and oxygen atoms in total. The molecule has 0 saturated carbocycles. The Bertz CT molecular complexity index is 350. The maximum Gasteiger partial charge on any atom is 0.126 e. The Morgan fingerprint density at radius 3 is 2.53 bits per heavy atom. The number of hydrogen-bond acceptors (Lipinski definition) is 2. The van der Waals surface area contributed by atoms with Crippen LogP contribution in [0.25, 0.3) is 0 Å². The number of nitrogens with zero attached hydrogens (tertiary/aromatic N) is 1. The number of rotatable bonds is 6. The molecule has 1 aromatic carbocycles. The molecule has 3 heteroatoms. The van der Waals surface area contributed by atoms with E-state index in [1.165, 1.54) is 6.07 Å². The zero-order valence-corrected chi connectivity index (χ0v) is 11.0. The summed E-state index contributed by atoms with van der Waals surface area (Å²) in [7, 11) is 2.05. The summed E-state index contributed by atoms with van der Waals surface area (Å²) in [6.07, 6.45) is 0.740. The molecular weight excluding hydrogens is 215 g/mol. The van der Waals surface area contributed by atoms with Gasteiger partial charge in [-0.1, -0.05) is 32.0 Å². The molecule has 0 atom stereocenters. The number of halogens is 1. The van der Waals surface area contributed by atoms with Gasteiger partial charge in [-0.05, 0) is 37.1 Å². The monoisotopic (exact) mass is 238 g/mol. The second-order valence-electron chi connectivity index (χ2n) is 5.45. The average molecular weight is 238 g/mol. The van der Waals surface area contributed by atoms with Crippen LogP contribution in [0, 0.1) is 11.2 Å². The van der Waals surface area contributed by atoms with Crippen molar-refractivity contribution in [1.82, 2.24) is 4.90 Å². The minimum absolute atomic E-state index is 0.112. The summed E-state index contributed by atoms with van der Waals surface area (Å²) >= 11 is 0. The highest BCUT2D eigenvalue weighted by atomic mass is 19.1. The van der Waals surface area contributed by atoms with Gasteiger partial charge in [0, 0.05) is 13.1 Å². The number of benzene rings is 1. The van der Waals surface area contributed by atoms with Gasteiger partial charge >= 0.3 is 0 Å². The molecule has 2 N–H and O–H groups in total. The fraction of sp³-hybridized carbons (Fsp3) is 0.571. The Balaban J connectivity index is 2.44. The molecule has 1 rings (SSSR count). The van der Waals surface area contributed by atoms with Crippen molar-refractivity contribution in [3.8, 4) is 0 Å². The zero-order valence-electron chi connectivity index (χ0n) is 11.0. The van der Waals surface area contributed by atoms with Gasteiger partial charge in [-0.25, -0.2) is 4.39 Å². The third-order valence-corrected chi connectivity index (χ3v) is 2.97. The molecule has 0 spiro atoms. The van der Waals surface area contributed by atoms with Crippen molar-refractivity contribution in [2.24, 2.45) is 11.1 Å². The van der Waals surface area contributed by atoms with E-state index in [2.05, 4.69) is 25.8 Å². The normalized spacial score (nSPS) is 12.1. The maximum absolute atomic E-state index is 13.4. The highest BCUT2D eigenvalue weighted by molar-refractivity contribution is 5.17. The Morgan fingerprint density at radius 1 is 1.29 bits per heavy atom. The van der Waals surface area contributed by atoms with E-state index in [1.54, 1.807) is 6.07 Å². The Labute approximate surface area is 104 Å². The Hall–Kier alpha value is -0.930. The van der Waals surface area contributed by atoms with Crippen molar-refractivity contribution >= 4 is 0 Å². The smallest absolute Gasteiger partial charge is 0.126 e. The highest BCUT2D eigenvalue weighted by Crippen LogP contribution is 2.14. The topological polar surface area (TPSA) is 29.3 Å². The van der Waals surface area contributed by atoms with Gasteiger partial charge in [0.2, 0.25) is 0 Å². The molecule has 0 aliphatic heterocycles. The van der Waals surface area contributed by atoms with Crippen molar-refractivity contribution in [3.05, 3.63) is 35.6 Å². The van der Waals surface area contributed by atoms with Gasteiger partial charge in [0.05, 0.1) is 0 Å². The van der Waals surface area contributed by atoms with E-state index in [-0.39, 0.29) is 11.2 Å². The molecule has 17 heavy (non-hydrogen) atoms. The first-order valence-corrected chi connectivity index (χ1v) is 6.06. The Kier molecular flexibility index (Phi) is 5.09. The molecule has 0 heterocycles. The number of likely N-dealkylation sites (N-methyl/N-ethyl adjacent to an activating group) is 1. The maximum atomic E-state index is 13.4. The lowest BCUT2D eigenvalue weighted by atomic mass is 9.93. The largest absolute Gasteiger partial charge is 0.330 e. The summed E-state index contributed by atoms with van der Waals surface area (Å²) in [6.45, 7) is 6.73. The predicted octanol–water partition coefficient (Wildman–Crippen LogP) is 2.28. The van der Waals surface area contributed by atoms with Crippen LogP contribution in [0.4, 0.5) is 4.39 Å². The third kappa shape index (κ3) is 4.84. The molecule has 1 aromatic rings. The summed E-state index contributed by atoms with van der Waals surface area (Å²) in [6, 6.07) is 6.96. The molecular formula is C14H23FN2. The summed E-state index contributed by atoms with van der Waals surface area (Å²) in [5.74, 6) is -0.112. The van der Waals surface area contributed by atoms with E-state index >= 15 is 0 Å². The van der Waals surface area contributed by atoms with Gasteiger partial charge in [-0.2, -0.15) is 0 Å². The van der Waals surface area contributed by atoms with Crippen molar-refractivity contribution < 1.29 is 4.39 Å². The molecule has 0 aliphatic carbocycles. The predicted molar refractivity (Wildman–Crippen MR) is 70.4 cm³/mol. The van der Waals surface area contributed by atoms with Crippen LogP contribution in [0.3, 0.4) is 0 Å². The van der Waals surface area contributed by atoms with Crippen LogP contribution in [-0.2, 0) is 6.42 Å². The second-order valence-corrected chi connectivity index (χ2v) is 5.45. The van der Waals surface area contributed by atoms with Crippen molar-refractivity contribution in [3.63, 3.8) is 0 Å². The molecule has 0 aliphatic rings. The van der Waals surface area contributed by atoms with Crippen LogP contribution in [0.5, 0.6) is 0 Å². The van der Waals surface area contributed by atoms with Crippen molar-refractivity contribution in [2.75, 3.05) is 26.7 Å². The lowest BCUT2D eigenvalue weighted by molar-refractivity contribution is 0.217. The second kappa shape index (κ2) is 6.12. The summed E-state index contributed by atoms with van der Waals surface area (Å²) in [5, 5.41) is 0. The van der Waals surface area contributed by atoms with Gasteiger partial charge in [-0.3, -0.25) is 0 Å². The van der Waals surface area contributed by atoms with E-state index in [9.17, 15) is 4.39 Å². The van der Waals surface area contributed by atoms with Crippen LogP contribution >= 0.6 is 0 Å². The Morgan fingerprint density at radius 2 is 1.94 bits per heavy atom. The van der Waals surface area contributed by atoms with Gasteiger partial charge < -0.3 is 10.6 Å². The molecule has 0 unspecified atom stereocenters. The van der Waals surface area contributed by atoms with E-state index in [1.807, 2.05) is 12.1 Å². The molecule has 0 aromatic heterocycles. The summed E-state index contributed by atoms with van der Waals surface area (Å²) in [5.41, 5.74) is 6.60. The van der Waals surface area contributed by atoms with Gasteiger partial charge in [0.1, 0.15) is 5.82 Å². The SMILES string of the molecule is CN(CCc1ccccc1F)CC(C)(C)CN. The van der Waals surface area contributed by atoms with E-state index < -0.39 is 0 Å². The molecule has 0 fully saturated rings. The fourth-order valence-corrected chi connectivity index (χ4v) is 1.89. The van der Waals surface area contributed by atoms with E-state index in [0.29, 0.717) is 6.54 Å². The number of nitrogens with two attached hydrogens (primary N) is 1. The zero-order chi connectivity index (χ0) is 12.9. The van der Waals surface area contributed by atoms with Crippen LogP contribution in [0.2, 0.25) is 0 Å². The standard InChI is InChI=1S/C14H23FN2/c1-14(2,10-16)11-17(3)9-8-12-6-4-5-7-13(12)15/h4-7H,8-11,16H2,1-3H3.